The highest BCUT2D eigenvalue weighted by Gasteiger charge is 2.23. The minimum atomic E-state index is -0.384. The fourth-order valence-corrected chi connectivity index (χ4v) is 3.27. The molecule has 2 fully saturated rings. The molecule has 0 radical (unpaired) electrons. The number of thioether (sulfide) groups is 1. The summed E-state index contributed by atoms with van der Waals surface area (Å²) in [5, 5.41) is 9.94. The van der Waals surface area contributed by atoms with E-state index in [-0.39, 0.29) is 12.0 Å². The first kappa shape index (κ1) is 12.2. The minimum absolute atomic E-state index is 0.202. The Kier molecular flexibility index (Phi) is 4.49. The van der Waals surface area contributed by atoms with Crippen molar-refractivity contribution in [2.24, 2.45) is 0 Å². The Morgan fingerprint density at radius 3 is 2.62 bits per heavy atom. The maximum absolute atomic E-state index is 11.4. The Morgan fingerprint density at radius 1 is 1.25 bits per heavy atom. The standard InChI is InChI=1S/C11H20N2O2S/c14-10(8-12-4-6-16-7-5-12)9-13-3-1-2-11(13)15/h10,14H,1-9H2. The molecule has 0 saturated carbocycles. The molecular weight excluding hydrogens is 224 g/mol. The third-order valence-electron chi connectivity index (χ3n) is 3.18. The number of nitrogens with zero attached hydrogens (tertiary/aromatic N) is 2. The maximum atomic E-state index is 11.4. The molecule has 2 rings (SSSR count). The number of rotatable bonds is 4. The van der Waals surface area contributed by atoms with E-state index in [2.05, 4.69) is 4.90 Å². The third-order valence-corrected chi connectivity index (χ3v) is 4.12. The van der Waals surface area contributed by atoms with E-state index in [1.54, 1.807) is 4.90 Å². The van der Waals surface area contributed by atoms with Crippen molar-refractivity contribution < 1.29 is 9.90 Å². The summed E-state index contributed by atoms with van der Waals surface area (Å²) in [6, 6.07) is 0. The molecule has 0 aromatic heterocycles. The van der Waals surface area contributed by atoms with Gasteiger partial charge < -0.3 is 10.0 Å². The van der Waals surface area contributed by atoms with Gasteiger partial charge in [0.15, 0.2) is 0 Å². The summed E-state index contributed by atoms with van der Waals surface area (Å²) >= 11 is 1.97. The highest BCUT2D eigenvalue weighted by Crippen LogP contribution is 2.12. The van der Waals surface area contributed by atoms with Crippen molar-refractivity contribution in [3.63, 3.8) is 0 Å². The average Bonchev–Trinajstić information content (AvgIpc) is 2.66. The van der Waals surface area contributed by atoms with Crippen LogP contribution < -0.4 is 0 Å². The molecule has 0 bridgehead atoms. The Morgan fingerprint density at radius 2 is 2.00 bits per heavy atom. The van der Waals surface area contributed by atoms with Crippen LogP contribution in [0.2, 0.25) is 0 Å². The van der Waals surface area contributed by atoms with Gasteiger partial charge in [0.1, 0.15) is 0 Å². The first-order valence-corrected chi connectivity index (χ1v) is 7.17. The summed E-state index contributed by atoms with van der Waals surface area (Å²) < 4.78 is 0. The van der Waals surface area contributed by atoms with E-state index in [1.165, 1.54) is 0 Å². The summed E-state index contributed by atoms with van der Waals surface area (Å²) in [7, 11) is 0. The van der Waals surface area contributed by atoms with Gasteiger partial charge >= 0.3 is 0 Å². The van der Waals surface area contributed by atoms with Gasteiger partial charge in [0.25, 0.3) is 0 Å². The normalized spacial score (nSPS) is 25.1. The van der Waals surface area contributed by atoms with Gasteiger partial charge in [-0.15, -0.1) is 0 Å². The van der Waals surface area contributed by atoms with Crippen molar-refractivity contribution in [1.82, 2.24) is 9.80 Å². The molecule has 0 spiro atoms. The van der Waals surface area contributed by atoms with E-state index >= 15 is 0 Å². The zero-order valence-electron chi connectivity index (χ0n) is 9.60. The van der Waals surface area contributed by atoms with Crippen LogP contribution in [0.15, 0.2) is 0 Å². The summed E-state index contributed by atoms with van der Waals surface area (Å²) in [5.41, 5.74) is 0. The Hall–Kier alpha value is -0.260. The van der Waals surface area contributed by atoms with Gasteiger partial charge in [-0.1, -0.05) is 0 Å². The molecule has 2 saturated heterocycles. The number of β-amino-alcohol motifs (C(OH)–C–C–N with tert-alkyl or cyclic N) is 1. The maximum Gasteiger partial charge on any atom is 0.222 e. The second-order valence-corrected chi connectivity index (χ2v) is 5.73. The fraction of sp³-hybridized carbons (Fsp3) is 0.909. The number of carbonyl (C=O) groups excluding carboxylic acids is 1. The van der Waals surface area contributed by atoms with Crippen LogP contribution in [-0.4, -0.2) is 71.1 Å². The molecule has 1 amide bonds. The van der Waals surface area contributed by atoms with Gasteiger partial charge in [-0.05, 0) is 6.42 Å². The third kappa shape index (κ3) is 3.37. The van der Waals surface area contributed by atoms with Crippen LogP contribution >= 0.6 is 11.8 Å². The molecule has 2 aliphatic heterocycles. The lowest BCUT2D eigenvalue weighted by Gasteiger charge is -2.29. The number of likely N-dealkylation sites (tertiary alicyclic amines) is 1. The zero-order valence-corrected chi connectivity index (χ0v) is 10.4. The molecule has 16 heavy (non-hydrogen) atoms. The van der Waals surface area contributed by atoms with Crippen LogP contribution in [0.25, 0.3) is 0 Å². The SMILES string of the molecule is O=C1CCCN1CC(O)CN1CCSCC1. The van der Waals surface area contributed by atoms with Crippen molar-refractivity contribution in [2.45, 2.75) is 18.9 Å². The van der Waals surface area contributed by atoms with Crippen LogP contribution in [0.1, 0.15) is 12.8 Å². The van der Waals surface area contributed by atoms with E-state index < -0.39 is 0 Å². The van der Waals surface area contributed by atoms with Gasteiger partial charge in [0, 0.05) is 50.7 Å². The summed E-state index contributed by atoms with van der Waals surface area (Å²) in [4.78, 5) is 15.5. The summed E-state index contributed by atoms with van der Waals surface area (Å²) in [6.45, 7) is 4.18. The molecule has 1 atom stereocenters. The molecule has 0 aliphatic carbocycles. The Labute approximate surface area is 101 Å². The summed E-state index contributed by atoms with van der Waals surface area (Å²) in [6.07, 6.45) is 1.23. The highest BCUT2D eigenvalue weighted by molar-refractivity contribution is 7.99. The monoisotopic (exact) mass is 244 g/mol. The van der Waals surface area contributed by atoms with Crippen molar-refractivity contribution >= 4 is 17.7 Å². The zero-order chi connectivity index (χ0) is 11.4. The number of aliphatic hydroxyl groups excluding tert-OH is 1. The molecule has 4 nitrogen and oxygen atoms in total. The van der Waals surface area contributed by atoms with Crippen LogP contribution in [-0.2, 0) is 4.79 Å². The molecule has 1 N–H and O–H groups in total. The number of aliphatic hydroxyl groups is 1. The van der Waals surface area contributed by atoms with Gasteiger partial charge in [-0.3, -0.25) is 9.69 Å². The topological polar surface area (TPSA) is 43.8 Å². The predicted octanol–water partition coefficient (Wildman–Crippen LogP) is 0.0185. The molecule has 1 unspecified atom stereocenters. The van der Waals surface area contributed by atoms with Crippen LogP contribution in [0.5, 0.6) is 0 Å². The Bertz CT molecular complexity index is 244. The first-order valence-electron chi connectivity index (χ1n) is 6.01. The number of hydrogen-bond acceptors (Lipinski definition) is 4. The van der Waals surface area contributed by atoms with Gasteiger partial charge in [-0.25, -0.2) is 0 Å². The molecule has 0 aromatic carbocycles. The Balaban J connectivity index is 1.70. The van der Waals surface area contributed by atoms with Crippen LogP contribution in [0, 0.1) is 0 Å². The van der Waals surface area contributed by atoms with Crippen molar-refractivity contribution in [3.8, 4) is 0 Å². The number of carbonyl (C=O) groups is 1. The minimum Gasteiger partial charge on any atom is -0.390 e. The van der Waals surface area contributed by atoms with E-state index in [0.717, 1.165) is 37.6 Å². The van der Waals surface area contributed by atoms with E-state index in [1.807, 2.05) is 11.8 Å². The van der Waals surface area contributed by atoms with Gasteiger partial charge in [0.2, 0.25) is 5.91 Å². The van der Waals surface area contributed by atoms with E-state index in [0.29, 0.717) is 19.5 Å². The molecule has 2 aliphatic rings. The molecule has 5 heteroatoms. The molecule has 2 heterocycles. The fourth-order valence-electron chi connectivity index (χ4n) is 2.29. The quantitative estimate of drug-likeness (QED) is 0.757. The second kappa shape index (κ2) is 5.89. The van der Waals surface area contributed by atoms with Crippen molar-refractivity contribution in [1.29, 1.82) is 0 Å². The second-order valence-electron chi connectivity index (χ2n) is 4.51. The molecule has 92 valence electrons. The molecular formula is C11H20N2O2S. The van der Waals surface area contributed by atoms with Crippen molar-refractivity contribution in [2.75, 3.05) is 44.2 Å². The predicted molar refractivity (Wildman–Crippen MR) is 65.6 cm³/mol. The van der Waals surface area contributed by atoms with Gasteiger partial charge in [0.05, 0.1) is 6.10 Å². The largest absolute Gasteiger partial charge is 0.390 e. The van der Waals surface area contributed by atoms with Crippen LogP contribution in [0.4, 0.5) is 0 Å². The number of amides is 1. The molecule has 0 aromatic rings. The lowest BCUT2D eigenvalue weighted by Crippen LogP contribution is -2.43. The first-order chi connectivity index (χ1) is 7.75. The lowest BCUT2D eigenvalue weighted by molar-refractivity contribution is -0.129. The van der Waals surface area contributed by atoms with E-state index in [9.17, 15) is 9.90 Å². The lowest BCUT2D eigenvalue weighted by atomic mass is 10.3. The van der Waals surface area contributed by atoms with Crippen LogP contribution in [0.3, 0.4) is 0 Å². The highest BCUT2D eigenvalue weighted by atomic mass is 32.2. The smallest absolute Gasteiger partial charge is 0.222 e. The number of hydrogen-bond donors (Lipinski definition) is 1. The van der Waals surface area contributed by atoms with Gasteiger partial charge in [-0.2, -0.15) is 11.8 Å². The summed E-state index contributed by atoms with van der Waals surface area (Å²) in [5.74, 6) is 2.53. The van der Waals surface area contributed by atoms with Crippen molar-refractivity contribution in [3.05, 3.63) is 0 Å². The average molecular weight is 244 g/mol. The van der Waals surface area contributed by atoms with E-state index in [4.69, 9.17) is 0 Å².